The first-order valence-electron chi connectivity index (χ1n) is 3.90. The van der Waals surface area contributed by atoms with Crippen LogP contribution in [0, 0.1) is 0 Å². The van der Waals surface area contributed by atoms with Crippen LogP contribution in [0.2, 0.25) is 0 Å². The monoisotopic (exact) mass is 167 g/mol. The summed E-state index contributed by atoms with van der Waals surface area (Å²) in [6, 6.07) is 0. The van der Waals surface area contributed by atoms with Crippen molar-refractivity contribution in [1.82, 2.24) is 9.97 Å². The minimum absolute atomic E-state index is 0.128. The number of nitrogens with zero attached hydrogens (tertiary/aromatic N) is 2. The van der Waals surface area contributed by atoms with Crippen molar-refractivity contribution in [3.05, 3.63) is 18.1 Å². The zero-order chi connectivity index (χ0) is 8.97. The minimum Gasteiger partial charge on any atom is -0.474 e. The maximum Gasteiger partial charge on any atom is 0.232 e. The van der Waals surface area contributed by atoms with E-state index in [0.29, 0.717) is 12.4 Å². The molecule has 1 heterocycles. The summed E-state index contributed by atoms with van der Waals surface area (Å²) in [5.74, 6) is 0.544. The van der Waals surface area contributed by atoms with Crippen LogP contribution in [0.15, 0.2) is 12.4 Å². The fourth-order valence-electron chi connectivity index (χ4n) is 0.751. The molecule has 0 unspecified atom stereocenters. The van der Waals surface area contributed by atoms with Gasteiger partial charge in [-0.05, 0) is 13.8 Å². The first kappa shape index (κ1) is 8.93. The highest BCUT2D eigenvalue weighted by Gasteiger charge is 1.98. The van der Waals surface area contributed by atoms with Crippen LogP contribution in [0.25, 0.3) is 0 Å². The van der Waals surface area contributed by atoms with Gasteiger partial charge in [-0.15, -0.1) is 0 Å². The average molecular weight is 167 g/mol. The van der Waals surface area contributed by atoms with Crippen molar-refractivity contribution < 1.29 is 4.74 Å². The standard InChI is InChI=1S/C8H13N3O/c1-6(2)12-8-5-10-7(3-9)4-11-8/h4-6H,3,9H2,1-2H3. The molecule has 0 aliphatic rings. The molecule has 0 bridgehead atoms. The lowest BCUT2D eigenvalue weighted by atomic mass is 10.4. The van der Waals surface area contributed by atoms with Gasteiger partial charge in [-0.3, -0.25) is 4.98 Å². The van der Waals surface area contributed by atoms with Gasteiger partial charge in [0.15, 0.2) is 0 Å². The molecule has 0 spiro atoms. The molecule has 0 atom stereocenters. The van der Waals surface area contributed by atoms with Crippen LogP contribution in [0.5, 0.6) is 5.88 Å². The van der Waals surface area contributed by atoms with Gasteiger partial charge in [0.2, 0.25) is 5.88 Å². The van der Waals surface area contributed by atoms with E-state index >= 15 is 0 Å². The number of ether oxygens (including phenoxy) is 1. The molecule has 0 aliphatic heterocycles. The molecule has 0 radical (unpaired) electrons. The summed E-state index contributed by atoms with van der Waals surface area (Å²) in [4.78, 5) is 8.06. The molecule has 1 aromatic heterocycles. The van der Waals surface area contributed by atoms with Gasteiger partial charge in [-0.1, -0.05) is 0 Å². The van der Waals surface area contributed by atoms with Gasteiger partial charge in [0.25, 0.3) is 0 Å². The highest BCUT2D eigenvalue weighted by atomic mass is 16.5. The first-order chi connectivity index (χ1) is 5.72. The Balaban J connectivity index is 2.65. The summed E-state index contributed by atoms with van der Waals surface area (Å²) >= 11 is 0. The lowest BCUT2D eigenvalue weighted by Crippen LogP contribution is -2.08. The zero-order valence-electron chi connectivity index (χ0n) is 7.32. The largest absolute Gasteiger partial charge is 0.474 e. The molecule has 0 amide bonds. The van der Waals surface area contributed by atoms with E-state index < -0.39 is 0 Å². The van der Waals surface area contributed by atoms with Crippen LogP contribution in [0.4, 0.5) is 0 Å². The summed E-state index contributed by atoms with van der Waals surface area (Å²) in [6.07, 6.45) is 3.34. The second kappa shape index (κ2) is 4.01. The predicted molar refractivity (Wildman–Crippen MR) is 45.7 cm³/mol. The molecule has 2 N–H and O–H groups in total. The van der Waals surface area contributed by atoms with Crippen molar-refractivity contribution in [2.75, 3.05) is 0 Å². The second-order valence-electron chi connectivity index (χ2n) is 2.72. The Morgan fingerprint density at radius 3 is 2.58 bits per heavy atom. The molecular formula is C8H13N3O. The third-order valence-electron chi connectivity index (χ3n) is 1.25. The topological polar surface area (TPSA) is 61.0 Å². The molecule has 0 fully saturated rings. The van der Waals surface area contributed by atoms with E-state index in [1.54, 1.807) is 12.4 Å². The average Bonchev–Trinajstić information content (AvgIpc) is 2.05. The maximum atomic E-state index is 5.36. The number of hydrogen-bond donors (Lipinski definition) is 1. The molecule has 12 heavy (non-hydrogen) atoms. The molecule has 0 aliphatic carbocycles. The van der Waals surface area contributed by atoms with Crippen LogP contribution in [0.3, 0.4) is 0 Å². The molecule has 0 saturated heterocycles. The minimum atomic E-state index is 0.128. The fraction of sp³-hybridized carbons (Fsp3) is 0.500. The van der Waals surface area contributed by atoms with E-state index in [1.165, 1.54) is 0 Å². The summed E-state index contributed by atoms with van der Waals surface area (Å²) in [5.41, 5.74) is 6.13. The van der Waals surface area contributed by atoms with Gasteiger partial charge in [-0.25, -0.2) is 4.98 Å². The van der Waals surface area contributed by atoms with Gasteiger partial charge in [0.1, 0.15) is 0 Å². The van der Waals surface area contributed by atoms with Crippen LogP contribution in [-0.2, 0) is 6.54 Å². The van der Waals surface area contributed by atoms with Crippen LogP contribution < -0.4 is 10.5 Å². The zero-order valence-corrected chi connectivity index (χ0v) is 7.32. The van der Waals surface area contributed by atoms with E-state index in [4.69, 9.17) is 10.5 Å². The Morgan fingerprint density at radius 1 is 1.42 bits per heavy atom. The van der Waals surface area contributed by atoms with E-state index in [0.717, 1.165) is 5.69 Å². The Hall–Kier alpha value is -1.16. The van der Waals surface area contributed by atoms with Gasteiger partial charge in [0.05, 0.1) is 24.2 Å². The molecule has 0 saturated carbocycles. The van der Waals surface area contributed by atoms with Crippen molar-refractivity contribution in [3.63, 3.8) is 0 Å². The Bertz CT molecular complexity index is 233. The van der Waals surface area contributed by atoms with Gasteiger partial charge in [-0.2, -0.15) is 0 Å². The number of aromatic nitrogens is 2. The Labute approximate surface area is 71.8 Å². The quantitative estimate of drug-likeness (QED) is 0.720. The van der Waals surface area contributed by atoms with Crippen LogP contribution in [0.1, 0.15) is 19.5 Å². The van der Waals surface area contributed by atoms with Crippen molar-refractivity contribution in [2.45, 2.75) is 26.5 Å². The lowest BCUT2D eigenvalue weighted by Gasteiger charge is -2.07. The highest BCUT2D eigenvalue weighted by Crippen LogP contribution is 2.05. The molecule has 4 nitrogen and oxygen atoms in total. The van der Waals surface area contributed by atoms with Crippen LogP contribution in [-0.4, -0.2) is 16.1 Å². The Kier molecular flexibility index (Phi) is 2.99. The SMILES string of the molecule is CC(C)Oc1cnc(CN)cn1. The molecular weight excluding hydrogens is 154 g/mol. The third-order valence-corrected chi connectivity index (χ3v) is 1.25. The molecule has 1 rings (SSSR count). The predicted octanol–water partition coefficient (Wildman–Crippen LogP) is 0.723. The van der Waals surface area contributed by atoms with Crippen molar-refractivity contribution in [1.29, 1.82) is 0 Å². The summed E-state index contributed by atoms with van der Waals surface area (Å²) in [6.45, 7) is 4.30. The number of nitrogens with two attached hydrogens (primary N) is 1. The molecule has 4 heteroatoms. The second-order valence-corrected chi connectivity index (χ2v) is 2.72. The summed E-state index contributed by atoms with van der Waals surface area (Å²) in [5, 5.41) is 0. The van der Waals surface area contributed by atoms with Crippen molar-refractivity contribution >= 4 is 0 Å². The van der Waals surface area contributed by atoms with Gasteiger partial charge in [0, 0.05) is 6.54 Å². The molecule has 66 valence electrons. The smallest absolute Gasteiger partial charge is 0.232 e. The highest BCUT2D eigenvalue weighted by molar-refractivity contribution is 5.07. The van der Waals surface area contributed by atoms with Crippen molar-refractivity contribution in [3.8, 4) is 5.88 Å². The number of rotatable bonds is 3. The Morgan fingerprint density at radius 2 is 2.17 bits per heavy atom. The van der Waals surface area contributed by atoms with Crippen molar-refractivity contribution in [2.24, 2.45) is 5.73 Å². The number of hydrogen-bond acceptors (Lipinski definition) is 4. The maximum absolute atomic E-state index is 5.36. The molecule has 1 aromatic rings. The summed E-state index contributed by atoms with van der Waals surface area (Å²) in [7, 11) is 0. The van der Waals surface area contributed by atoms with Gasteiger partial charge < -0.3 is 10.5 Å². The molecule has 0 aromatic carbocycles. The summed E-state index contributed by atoms with van der Waals surface area (Å²) < 4.78 is 5.30. The van der Waals surface area contributed by atoms with E-state index in [-0.39, 0.29) is 6.10 Å². The normalized spacial score (nSPS) is 10.3. The van der Waals surface area contributed by atoms with Gasteiger partial charge >= 0.3 is 0 Å². The first-order valence-corrected chi connectivity index (χ1v) is 3.90. The lowest BCUT2D eigenvalue weighted by molar-refractivity contribution is 0.231. The third kappa shape index (κ3) is 2.47. The van der Waals surface area contributed by atoms with E-state index in [9.17, 15) is 0 Å². The fourth-order valence-corrected chi connectivity index (χ4v) is 0.751. The van der Waals surface area contributed by atoms with Crippen LogP contribution >= 0.6 is 0 Å². The van der Waals surface area contributed by atoms with E-state index in [1.807, 2.05) is 13.8 Å². The van der Waals surface area contributed by atoms with E-state index in [2.05, 4.69) is 9.97 Å².